The van der Waals surface area contributed by atoms with Gasteiger partial charge in [0.1, 0.15) is 5.82 Å². The predicted molar refractivity (Wildman–Crippen MR) is 110 cm³/mol. The normalized spacial score (nSPS) is 14.6. The summed E-state index contributed by atoms with van der Waals surface area (Å²) in [6.45, 7) is 4.40. The van der Waals surface area contributed by atoms with Crippen LogP contribution in [0.15, 0.2) is 42.6 Å². The van der Waals surface area contributed by atoms with Crippen LogP contribution in [0.1, 0.15) is 20.7 Å². The second kappa shape index (κ2) is 9.29. The molecule has 2 aromatic rings. The van der Waals surface area contributed by atoms with E-state index in [0.717, 1.165) is 32.0 Å². The van der Waals surface area contributed by atoms with Crippen molar-refractivity contribution in [3.05, 3.63) is 53.7 Å². The fourth-order valence-electron chi connectivity index (χ4n) is 3.03. The van der Waals surface area contributed by atoms with Gasteiger partial charge in [0.25, 0.3) is 11.8 Å². The first-order chi connectivity index (χ1) is 13.6. The standard InChI is InChI=1S/C20H26N6O2/c1-25-10-12-26(13-11-25)18-14-15(6-8-22-18)19(27)24-17-5-3-2-4-16(17)20(28)23-9-7-21/h2-6,8,14H,7,9-13,21H2,1H3,(H,23,28)(H,24,27). The van der Waals surface area contributed by atoms with Crippen molar-refractivity contribution in [2.24, 2.45) is 5.73 Å². The van der Waals surface area contributed by atoms with Crippen LogP contribution in [0, 0.1) is 0 Å². The number of pyridine rings is 1. The SMILES string of the molecule is CN1CCN(c2cc(C(=O)Nc3ccccc3C(=O)NCCN)ccn2)CC1. The Balaban J connectivity index is 1.73. The van der Waals surface area contributed by atoms with Gasteiger partial charge in [0, 0.05) is 51.0 Å². The smallest absolute Gasteiger partial charge is 0.255 e. The van der Waals surface area contributed by atoms with Crippen LogP contribution >= 0.6 is 0 Å². The summed E-state index contributed by atoms with van der Waals surface area (Å²) < 4.78 is 0. The third-order valence-corrected chi connectivity index (χ3v) is 4.68. The van der Waals surface area contributed by atoms with E-state index in [1.807, 2.05) is 0 Å². The first kappa shape index (κ1) is 19.8. The number of carbonyl (C=O) groups excluding carboxylic acids is 2. The lowest BCUT2D eigenvalue weighted by Crippen LogP contribution is -2.44. The molecule has 2 amide bonds. The maximum atomic E-state index is 12.8. The average Bonchev–Trinajstić information content (AvgIpc) is 2.73. The van der Waals surface area contributed by atoms with Crippen molar-refractivity contribution < 1.29 is 9.59 Å². The van der Waals surface area contributed by atoms with Crippen molar-refractivity contribution >= 4 is 23.3 Å². The third kappa shape index (κ3) is 4.85. The number of aromatic nitrogens is 1. The minimum Gasteiger partial charge on any atom is -0.354 e. The Morgan fingerprint density at radius 3 is 2.61 bits per heavy atom. The van der Waals surface area contributed by atoms with E-state index in [1.165, 1.54) is 0 Å². The predicted octanol–water partition coefficient (Wildman–Crippen LogP) is 0.774. The maximum Gasteiger partial charge on any atom is 0.255 e. The van der Waals surface area contributed by atoms with E-state index in [4.69, 9.17) is 5.73 Å². The molecule has 28 heavy (non-hydrogen) atoms. The lowest BCUT2D eigenvalue weighted by Gasteiger charge is -2.33. The van der Waals surface area contributed by atoms with Gasteiger partial charge in [-0.05, 0) is 31.3 Å². The lowest BCUT2D eigenvalue weighted by molar-refractivity contribution is 0.0955. The second-order valence-electron chi connectivity index (χ2n) is 6.74. The van der Waals surface area contributed by atoms with E-state index < -0.39 is 0 Å². The van der Waals surface area contributed by atoms with Gasteiger partial charge >= 0.3 is 0 Å². The number of hydrogen-bond acceptors (Lipinski definition) is 6. The number of anilines is 2. The summed E-state index contributed by atoms with van der Waals surface area (Å²) in [6, 6.07) is 10.4. The molecule has 0 unspecified atom stereocenters. The number of amides is 2. The highest BCUT2D eigenvalue weighted by molar-refractivity contribution is 6.09. The van der Waals surface area contributed by atoms with Crippen molar-refractivity contribution in [3.8, 4) is 0 Å². The molecule has 0 aliphatic carbocycles. The number of likely N-dealkylation sites (N-methyl/N-ethyl adjacent to an activating group) is 1. The molecule has 1 fully saturated rings. The molecule has 1 aliphatic rings. The first-order valence-corrected chi connectivity index (χ1v) is 9.36. The van der Waals surface area contributed by atoms with Gasteiger partial charge in [-0.1, -0.05) is 12.1 Å². The van der Waals surface area contributed by atoms with Crippen LogP contribution in [0.25, 0.3) is 0 Å². The van der Waals surface area contributed by atoms with Crippen molar-refractivity contribution in [2.75, 3.05) is 56.5 Å². The number of benzene rings is 1. The Hall–Kier alpha value is -2.97. The van der Waals surface area contributed by atoms with E-state index >= 15 is 0 Å². The minimum atomic E-state index is -0.281. The molecule has 0 radical (unpaired) electrons. The molecular formula is C20H26N6O2. The van der Waals surface area contributed by atoms with Crippen LogP contribution in [-0.4, -0.2) is 68.0 Å². The fourth-order valence-corrected chi connectivity index (χ4v) is 3.03. The molecular weight excluding hydrogens is 356 g/mol. The fraction of sp³-hybridized carbons (Fsp3) is 0.350. The van der Waals surface area contributed by atoms with Crippen molar-refractivity contribution in [1.82, 2.24) is 15.2 Å². The van der Waals surface area contributed by atoms with Gasteiger partial charge in [0.05, 0.1) is 11.3 Å². The summed E-state index contributed by atoms with van der Waals surface area (Å²) in [7, 11) is 2.09. The molecule has 0 saturated carbocycles. The second-order valence-corrected chi connectivity index (χ2v) is 6.74. The minimum absolute atomic E-state index is 0.269. The maximum absolute atomic E-state index is 12.8. The van der Waals surface area contributed by atoms with Gasteiger partial charge in [0.2, 0.25) is 0 Å². The van der Waals surface area contributed by atoms with E-state index in [9.17, 15) is 9.59 Å². The molecule has 1 aliphatic heterocycles. The van der Waals surface area contributed by atoms with Gasteiger partial charge in [-0.3, -0.25) is 9.59 Å². The first-order valence-electron chi connectivity index (χ1n) is 9.36. The summed E-state index contributed by atoms with van der Waals surface area (Å²) in [5.41, 5.74) is 6.80. The van der Waals surface area contributed by atoms with Gasteiger partial charge in [0.15, 0.2) is 0 Å². The number of hydrogen-bond donors (Lipinski definition) is 3. The number of rotatable bonds is 6. The molecule has 8 heteroatoms. The highest BCUT2D eigenvalue weighted by Crippen LogP contribution is 2.19. The Bertz CT molecular complexity index is 833. The number of para-hydroxylation sites is 1. The molecule has 1 aromatic heterocycles. The molecule has 1 aromatic carbocycles. The summed E-state index contributed by atoms with van der Waals surface area (Å²) in [5, 5.41) is 5.56. The van der Waals surface area contributed by atoms with Crippen LogP contribution in [0.3, 0.4) is 0 Å². The molecule has 8 nitrogen and oxygen atoms in total. The quantitative estimate of drug-likeness (QED) is 0.682. The highest BCUT2D eigenvalue weighted by Gasteiger charge is 2.18. The van der Waals surface area contributed by atoms with Crippen molar-refractivity contribution in [2.45, 2.75) is 0 Å². The molecule has 148 valence electrons. The van der Waals surface area contributed by atoms with Crippen LogP contribution < -0.4 is 21.3 Å². The molecule has 0 spiro atoms. The topological polar surface area (TPSA) is 104 Å². The summed E-state index contributed by atoms with van der Waals surface area (Å²) in [6.07, 6.45) is 1.64. The lowest BCUT2D eigenvalue weighted by atomic mass is 10.1. The van der Waals surface area contributed by atoms with Gasteiger partial charge < -0.3 is 26.2 Å². The molecule has 0 atom stereocenters. The molecule has 2 heterocycles. The number of carbonyl (C=O) groups is 2. The Labute approximate surface area is 164 Å². The largest absolute Gasteiger partial charge is 0.354 e. The van der Waals surface area contributed by atoms with Crippen molar-refractivity contribution in [1.29, 1.82) is 0 Å². The number of piperazine rings is 1. The zero-order valence-electron chi connectivity index (χ0n) is 16.0. The number of nitrogens with zero attached hydrogens (tertiary/aromatic N) is 3. The van der Waals surface area contributed by atoms with Gasteiger partial charge in [-0.2, -0.15) is 0 Å². The summed E-state index contributed by atoms with van der Waals surface area (Å²) >= 11 is 0. The zero-order chi connectivity index (χ0) is 19.9. The van der Waals surface area contributed by atoms with E-state index in [-0.39, 0.29) is 11.8 Å². The van der Waals surface area contributed by atoms with Crippen LogP contribution in [0.2, 0.25) is 0 Å². The van der Waals surface area contributed by atoms with Crippen LogP contribution in [0.5, 0.6) is 0 Å². The molecule has 1 saturated heterocycles. The van der Waals surface area contributed by atoms with Gasteiger partial charge in [-0.15, -0.1) is 0 Å². The molecule has 0 bridgehead atoms. The van der Waals surface area contributed by atoms with Crippen LogP contribution in [-0.2, 0) is 0 Å². The summed E-state index contributed by atoms with van der Waals surface area (Å²) in [5.74, 6) is 0.237. The Morgan fingerprint density at radius 2 is 1.86 bits per heavy atom. The summed E-state index contributed by atoms with van der Waals surface area (Å²) in [4.78, 5) is 33.9. The highest BCUT2D eigenvalue weighted by atomic mass is 16.2. The van der Waals surface area contributed by atoms with Gasteiger partial charge in [-0.25, -0.2) is 4.98 Å². The van der Waals surface area contributed by atoms with E-state index in [1.54, 1.807) is 42.6 Å². The average molecular weight is 382 g/mol. The Morgan fingerprint density at radius 1 is 1.11 bits per heavy atom. The zero-order valence-corrected chi connectivity index (χ0v) is 16.0. The van der Waals surface area contributed by atoms with Crippen molar-refractivity contribution in [3.63, 3.8) is 0 Å². The van der Waals surface area contributed by atoms with Crippen LogP contribution in [0.4, 0.5) is 11.5 Å². The number of nitrogens with one attached hydrogen (secondary N) is 2. The monoisotopic (exact) mass is 382 g/mol. The van der Waals surface area contributed by atoms with E-state index in [0.29, 0.717) is 29.9 Å². The third-order valence-electron chi connectivity index (χ3n) is 4.68. The molecule has 3 rings (SSSR count). The van der Waals surface area contributed by atoms with E-state index in [2.05, 4.69) is 32.5 Å². The number of nitrogens with two attached hydrogens (primary N) is 1. The molecule has 4 N–H and O–H groups in total. The Kier molecular flexibility index (Phi) is 6.57.